The van der Waals surface area contributed by atoms with E-state index in [-0.39, 0.29) is 43.8 Å². The Kier molecular flexibility index (Phi) is 13.4. The topological polar surface area (TPSA) is 129 Å². The number of benzene rings is 2. The van der Waals surface area contributed by atoms with Crippen molar-refractivity contribution < 1.29 is 43.5 Å². The molecule has 0 bridgehead atoms. The molecule has 0 aliphatic carbocycles. The number of aliphatic hydroxyl groups excluding tert-OH is 2. The molecule has 0 saturated heterocycles. The Labute approximate surface area is 235 Å². The molecule has 9 heteroatoms. The smallest absolute Gasteiger partial charge is 0.333 e. The summed E-state index contributed by atoms with van der Waals surface area (Å²) in [5.74, 6) is 0.196. The Morgan fingerprint density at radius 1 is 0.825 bits per heavy atom. The van der Waals surface area contributed by atoms with Crippen molar-refractivity contribution in [2.24, 2.45) is 0 Å². The third kappa shape index (κ3) is 11.2. The van der Waals surface area contributed by atoms with Crippen molar-refractivity contribution in [1.29, 1.82) is 0 Å². The summed E-state index contributed by atoms with van der Waals surface area (Å²) in [6.07, 6.45) is 0.757. The van der Waals surface area contributed by atoms with Crippen molar-refractivity contribution in [2.75, 3.05) is 26.4 Å². The number of ether oxygens (including phenoxy) is 4. The van der Waals surface area contributed by atoms with Crippen LogP contribution in [0.25, 0.3) is 0 Å². The standard InChI is InChI=1S/C31H40O9/c1-22(2)30(36)40-21-26(34)19-38-28-15-11-24(12-16-28)31(3,4)23-9-13-27(14-10-23)37-18-25(33)20-39-29(35)8-6-5-7-17-32/h9-17,25-26,33-34H,1,5-8,18-21H2,2-4H3. The maximum atomic E-state index is 11.7. The second-order valence-corrected chi connectivity index (χ2v) is 10.1. The number of rotatable bonds is 18. The molecule has 2 aromatic carbocycles. The average molecular weight is 557 g/mol. The summed E-state index contributed by atoms with van der Waals surface area (Å²) in [5, 5.41) is 20.0. The van der Waals surface area contributed by atoms with E-state index in [1.54, 1.807) is 0 Å². The summed E-state index contributed by atoms with van der Waals surface area (Å²) in [6, 6.07) is 15.1. The summed E-state index contributed by atoms with van der Waals surface area (Å²) >= 11 is 0. The van der Waals surface area contributed by atoms with Gasteiger partial charge < -0.3 is 34.0 Å². The van der Waals surface area contributed by atoms with E-state index in [9.17, 15) is 24.6 Å². The van der Waals surface area contributed by atoms with Gasteiger partial charge in [0, 0.05) is 23.8 Å². The lowest BCUT2D eigenvalue weighted by atomic mass is 9.78. The Bertz CT molecular complexity index is 1090. The van der Waals surface area contributed by atoms with Crippen LogP contribution in [0.5, 0.6) is 11.5 Å². The van der Waals surface area contributed by atoms with E-state index in [1.807, 2.05) is 48.5 Å². The number of aldehydes is 1. The third-order valence-corrected chi connectivity index (χ3v) is 6.18. The van der Waals surface area contributed by atoms with Crippen LogP contribution in [0, 0.1) is 0 Å². The van der Waals surface area contributed by atoms with E-state index in [0.717, 1.165) is 17.4 Å². The van der Waals surface area contributed by atoms with E-state index in [2.05, 4.69) is 20.4 Å². The summed E-state index contributed by atoms with van der Waals surface area (Å²) in [5.41, 5.74) is 2.04. The van der Waals surface area contributed by atoms with Crippen LogP contribution < -0.4 is 9.47 Å². The second kappa shape index (κ2) is 16.4. The first kappa shape index (κ1) is 32.5. The summed E-state index contributed by atoms with van der Waals surface area (Å²) < 4.78 is 21.2. The molecule has 2 unspecified atom stereocenters. The quantitative estimate of drug-likeness (QED) is 0.122. The molecule has 2 aromatic rings. The molecule has 40 heavy (non-hydrogen) atoms. The third-order valence-electron chi connectivity index (χ3n) is 6.18. The first-order chi connectivity index (χ1) is 19.0. The number of unbranched alkanes of at least 4 members (excludes halogenated alkanes) is 2. The fourth-order valence-electron chi connectivity index (χ4n) is 3.64. The fourth-order valence-corrected chi connectivity index (χ4v) is 3.64. The Hall–Kier alpha value is -3.69. The van der Waals surface area contributed by atoms with Crippen molar-refractivity contribution in [3.8, 4) is 11.5 Å². The number of hydrogen-bond acceptors (Lipinski definition) is 9. The van der Waals surface area contributed by atoms with E-state index < -0.39 is 24.1 Å². The van der Waals surface area contributed by atoms with Crippen LogP contribution in [0.4, 0.5) is 0 Å². The highest BCUT2D eigenvalue weighted by molar-refractivity contribution is 5.86. The van der Waals surface area contributed by atoms with Crippen molar-refractivity contribution in [3.05, 3.63) is 71.8 Å². The minimum absolute atomic E-state index is 0.0202. The fraction of sp³-hybridized carbons (Fsp3) is 0.452. The van der Waals surface area contributed by atoms with Gasteiger partial charge in [-0.05, 0) is 55.2 Å². The molecular weight excluding hydrogens is 516 g/mol. The van der Waals surface area contributed by atoms with Gasteiger partial charge in [0.25, 0.3) is 0 Å². The van der Waals surface area contributed by atoms with Gasteiger partial charge in [-0.15, -0.1) is 0 Å². The van der Waals surface area contributed by atoms with Gasteiger partial charge in [0.1, 0.15) is 56.4 Å². The van der Waals surface area contributed by atoms with Crippen LogP contribution in [-0.4, -0.2) is 67.1 Å². The number of aliphatic hydroxyl groups is 2. The van der Waals surface area contributed by atoms with Gasteiger partial charge in [0.2, 0.25) is 0 Å². The van der Waals surface area contributed by atoms with Crippen molar-refractivity contribution >= 4 is 18.2 Å². The molecule has 0 radical (unpaired) electrons. The zero-order valence-electron chi connectivity index (χ0n) is 23.5. The van der Waals surface area contributed by atoms with Gasteiger partial charge in [-0.2, -0.15) is 0 Å². The largest absolute Gasteiger partial charge is 0.491 e. The SMILES string of the molecule is C=C(C)C(=O)OCC(O)COc1ccc(C(C)(C)c2ccc(OCC(O)COC(=O)CCCCC=O)cc2)cc1. The second-order valence-electron chi connectivity index (χ2n) is 10.1. The lowest BCUT2D eigenvalue weighted by molar-refractivity contribution is -0.147. The highest BCUT2D eigenvalue weighted by Crippen LogP contribution is 2.33. The lowest BCUT2D eigenvalue weighted by Gasteiger charge is -2.26. The predicted molar refractivity (Wildman–Crippen MR) is 149 cm³/mol. The Morgan fingerprint density at radius 2 is 1.30 bits per heavy atom. The first-order valence-corrected chi connectivity index (χ1v) is 13.3. The molecule has 0 amide bonds. The van der Waals surface area contributed by atoms with Crippen LogP contribution in [0.15, 0.2) is 60.7 Å². The highest BCUT2D eigenvalue weighted by atomic mass is 16.6. The molecule has 2 rings (SSSR count). The summed E-state index contributed by atoms with van der Waals surface area (Å²) in [6.45, 7) is 8.85. The molecule has 9 nitrogen and oxygen atoms in total. The van der Waals surface area contributed by atoms with Crippen molar-refractivity contribution in [2.45, 2.75) is 64.1 Å². The molecule has 0 heterocycles. The Morgan fingerprint density at radius 3 is 1.75 bits per heavy atom. The molecule has 0 saturated carbocycles. The van der Waals surface area contributed by atoms with Gasteiger partial charge in [0.15, 0.2) is 0 Å². The number of esters is 2. The van der Waals surface area contributed by atoms with Crippen LogP contribution in [-0.2, 0) is 29.3 Å². The van der Waals surface area contributed by atoms with Crippen molar-refractivity contribution in [1.82, 2.24) is 0 Å². The predicted octanol–water partition coefficient (Wildman–Crippen LogP) is 3.91. The zero-order valence-corrected chi connectivity index (χ0v) is 23.5. The van der Waals surface area contributed by atoms with Gasteiger partial charge in [0.05, 0.1) is 0 Å². The lowest BCUT2D eigenvalue weighted by Crippen LogP contribution is -2.25. The minimum Gasteiger partial charge on any atom is -0.491 e. The molecule has 0 aliphatic heterocycles. The number of hydrogen-bond donors (Lipinski definition) is 2. The van der Waals surface area contributed by atoms with Crippen LogP contribution in [0.2, 0.25) is 0 Å². The zero-order chi connectivity index (χ0) is 29.5. The maximum absolute atomic E-state index is 11.7. The number of carbonyl (C=O) groups is 3. The van der Waals surface area contributed by atoms with E-state index in [4.69, 9.17) is 18.9 Å². The van der Waals surface area contributed by atoms with Gasteiger partial charge in [-0.1, -0.05) is 44.7 Å². The maximum Gasteiger partial charge on any atom is 0.333 e. The monoisotopic (exact) mass is 556 g/mol. The molecule has 0 aliphatic rings. The van der Waals surface area contributed by atoms with Crippen LogP contribution >= 0.6 is 0 Å². The average Bonchev–Trinajstić information content (AvgIpc) is 2.95. The molecular formula is C31H40O9. The van der Waals surface area contributed by atoms with Crippen LogP contribution in [0.1, 0.15) is 57.6 Å². The molecule has 0 fully saturated rings. The Balaban J connectivity index is 1.81. The minimum atomic E-state index is -0.957. The van der Waals surface area contributed by atoms with Gasteiger partial charge in [-0.25, -0.2) is 4.79 Å². The molecule has 2 N–H and O–H groups in total. The molecule has 2 atom stereocenters. The number of carbonyl (C=O) groups excluding carboxylic acids is 3. The highest BCUT2D eigenvalue weighted by Gasteiger charge is 2.23. The molecule has 218 valence electrons. The van der Waals surface area contributed by atoms with E-state index in [1.165, 1.54) is 6.92 Å². The van der Waals surface area contributed by atoms with E-state index >= 15 is 0 Å². The van der Waals surface area contributed by atoms with Gasteiger partial charge >= 0.3 is 11.9 Å². The molecule has 0 spiro atoms. The van der Waals surface area contributed by atoms with Crippen molar-refractivity contribution in [3.63, 3.8) is 0 Å². The normalized spacial score (nSPS) is 12.6. The van der Waals surface area contributed by atoms with E-state index in [0.29, 0.717) is 30.8 Å². The molecule has 0 aromatic heterocycles. The van der Waals surface area contributed by atoms with Gasteiger partial charge in [-0.3, -0.25) is 4.79 Å². The summed E-state index contributed by atoms with van der Waals surface area (Å²) in [7, 11) is 0. The van der Waals surface area contributed by atoms with Crippen LogP contribution in [0.3, 0.4) is 0 Å². The first-order valence-electron chi connectivity index (χ1n) is 13.3. The summed E-state index contributed by atoms with van der Waals surface area (Å²) in [4.78, 5) is 33.4.